The normalized spacial score (nSPS) is 17.6. The van der Waals surface area contributed by atoms with E-state index in [4.69, 9.17) is 9.73 Å². The maximum absolute atomic E-state index is 5.53. The highest BCUT2D eigenvalue weighted by Gasteiger charge is 2.31. The van der Waals surface area contributed by atoms with E-state index in [1.54, 1.807) is 0 Å². The fraction of sp³-hybridized carbons (Fsp3) is 0.611. The van der Waals surface area contributed by atoms with Gasteiger partial charge in [-0.25, -0.2) is 0 Å². The Morgan fingerprint density at radius 3 is 2.71 bits per heavy atom. The molecule has 0 bridgehead atoms. The van der Waals surface area contributed by atoms with Crippen LogP contribution >= 0.6 is 27.7 Å². The summed E-state index contributed by atoms with van der Waals surface area (Å²) in [5.74, 6) is 0.966. The number of halogens is 1. The number of ether oxygens (including phenoxy) is 1. The number of thioether (sulfide) groups is 1. The summed E-state index contributed by atoms with van der Waals surface area (Å²) in [6.07, 6.45) is 4.34. The third kappa shape index (κ3) is 5.39. The molecule has 1 saturated heterocycles. The second-order valence-electron chi connectivity index (χ2n) is 6.12. The topological polar surface area (TPSA) is 36.9 Å². The van der Waals surface area contributed by atoms with Crippen LogP contribution in [-0.4, -0.2) is 55.2 Å². The molecule has 1 aliphatic rings. The van der Waals surface area contributed by atoms with Crippen molar-refractivity contribution in [1.82, 2.24) is 10.2 Å². The number of hydrogen-bond acceptors (Lipinski definition) is 3. The summed E-state index contributed by atoms with van der Waals surface area (Å²) in [4.78, 5) is 7.14. The lowest BCUT2D eigenvalue weighted by molar-refractivity contribution is 0.0793. The minimum atomic E-state index is 0.215. The van der Waals surface area contributed by atoms with Gasteiger partial charge in [-0.15, -0.1) is 0 Å². The summed E-state index contributed by atoms with van der Waals surface area (Å²) >= 11 is 5.56. The molecule has 0 atom stereocenters. The maximum Gasteiger partial charge on any atom is 0.194 e. The molecule has 1 fully saturated rings. The number of aliphatic imine (C=N–C) groups is 1. The molecule has 134 valence electrons. The number of hydrogen-bond donors (Lipinski definition) is 1. The third-order valence-corrected chi connectivity index (χ3v) is 6.59. The fourth-order valence-corrected chi connectivity index (χ4v) is 3.99. The van der Waals surface area contributed by atoms with Crippen LogP contribution in [0, 0.1) is 0 Å². The number of guanidine groups is 1. The molecule has 24 heavy (non-hydrogen) atoms. The van der Waals surface area contributed by atoms with Crippen LogP contribution in [0.15, 0.2) is 33.7 Å². The smallest absolute Gasteiger partial charge is 0.194 e. The molecule has 1 aromatic rings. The average molecular weight is 414 g/mol. The standard InChI is InChI=1S/C18H28BrN3OS/c1-4-20-17(21-14-18(24-3)9-11-23-12-10-18)22(2)13-15-7-5-6-8-16(15)19/h5-8H,4,9-14H2,1-3H3,(H,20,21). The Bertz CT molecular complexity index is 547. The zero-order valence-electron chi connectivity index (χ0n) is 14.8. The largest absolute Gasteiger partial charge is 0.381 e. The molecule has 1 heterocycles. The van der Waals surface area contributed by atoms with E-state index >= 15 is 0 Å². The lowest BCUT2D eigenvalue weighted by Crippen LogP contribution is -2.41. The Hall–Kier alpha value is -0.720. The van der Waals surface area contributed by atoms with Gasteiger partial charge >= 0.3 is 0 Å². The van der Waals surface area contributed by atoms with E-state index in [9.17, 15) is 0 Å². The van der Waals surface area contributed by atoms with Crippen molar-refractivity contribution in [2.45, 2.75) is 31.1 Å². The van der Waals surface area contributed by atoms with Crippen LogP contribution in [0.5, 0.6) is 0 Å². The second-order valence-corrected chi connectivity index (χ2v) is 8.25. The van der Waals surface area contributed by atoms with Crippen molar-refractivity contribution in [3.05, 3.63) is 34.3 Å². The number of nitrogens with zero attached hydrogens (tertiary/aromatic N) is 2. The summed E-state index contributed by atoms with van der Waals surface area (Å²) in [5.41, 5.74) is 1.26. The highest BCUT2D eigenvalue weighted by atomic mass is 79.9. The molecule has 6 heteroatoms. The zero-order valence-corrected chi connectivity index (χ0v) is 17.3. The first-order valence-electron chi connectivity index (χ1n) is 8.46. The first kappa shape index (κ1) is 19.6. The van der Waals surface area contributed by atoms with Crippen molar-refractivity contribution in [3.8, 4) is 0 Å². The van der Waals surface area contributed by atoms with Crippen LogP contribution < -0.4 is 5.32 Å². The highest BCUT2D eigenvalue weighted by Crippen LogP contribution is 2.34. The summed E-state index contributed by atoms with van der Waals surface area (Å²) in [5, 5.41) is 3.42. The van der Waals surface area contributed by atoms with Crippen molar-refractivity contribution >= 4 is 33.7 Å². The fourth-order valence-electron chi connectivity index (χ4n) is 2.82. The van der Waals surface area contributed by atoms with Gasteiger partial charge in [0.15, 0.2) is 5.96 Å². The van der Waals surface area contributed by atoms with Crippen LogP contribution in [-0.2, 0) is 11.3 Å². The zero-order chi connectivity index (χ0) is 17.4. The molecule has 0 saturated carbocycles. The van der Waals surface area contributed by atoms with E-state index < -0.39 is 0 Å². The quantitative estimate of drug-likeness (QED) is 0.568. The molecule has 1 aliphatic heterocycles. The molecular formula is C18H28BrN3OS. The summed E-state index contributed by atoms with van der Waals surface area (Å²) in [6, 6.07) is 8.34. The van der Waals surface area contributed by atoms with Gasteiger partial charge < -0.3 is 15.0 Å². The Labute approximate surface area is 158 Å². The van der Waals surface area contributed by atoms with E-state index in [-0.39, 0.29) is 4.75 Å². The van der Waals surface area contributed by atoms with Gasteiger partial charge in [-0.2, -0.15) is 11.8 Å². The lowest BCUT2D eigenvalue weighted by Gasteiger charge is -2.34. The minimum absolute atomic E-state index is 0.215. The molecule has 0 aliphatic carbocycles. The molecule has 0 aromatic heterocycles. The van der Waals surface area contributed by atoms with Crippen LogP contribution in [0.3, 0.4) is 0 Å². The van der Waals surface area contributed by atoms with Crippen molar-refractivity contribution in [3.63, 3.8) is 0 Å². The van der Waals surface area contributed by atoms with Gasteiger partial charge in [-0.3, -0.25) is 4.99 Å². The first-order valence-corrected chi connectivity index (χ1v) is 10.5. The Kier molecular flexibility index (Phi) is 7.91. The molecule has 0 unspecified atom stereocenters. The summed E-state index contributed by atoms with van der Waals surface area (Å²) < 4.78 is 6.88. The molecule has 2 rings (SSSR count). The average Bonchev–Trinajstić information content (AvgIpc) is 2.61. The van der Waals surface area contributed by atoms with Gasteiger partial charge in [0.05, 0.1) is 6.54 Å². The maximum atomic E-state index is 5.53. The van der Waals surface area contributed by atoms with Crippen molar-refractivity contribution in [2.75, 3.05) is 39.6 Å². The van der Waals surface area contributed by atoms with E-state index in [0.29, 0.717) is 0 Å². The van der Waals surface area contributed by atoms with E-state index in [1.165, 1.54) is 5.56 Å². The lowest BCUT2D eigenvalue weighted by atomic mass is 9.99. The number of rotatable bonds is 6. The molecule has 0 amide bonds. The monoisotopic (exact) mass is 413 g/mol. The predicted molar refractivity (Wildman–Crippen MR) is 108 cm³/mol. The number of nitrogens with one attached hydrogen (secondary N) is 1. The SMILES string of the molecule is CCNC(=NCC1(SC)CCOCC1)N(C)Cc1ccccc1Br. The van der Waals surface area contributed by atoms with Crippen LogP contribution in [0.1, 0.15) is 25.3 Å². The predicted octanol–water partition coefficient (Wildman–Crippen LogP) is 3.76. The summed E-state index contributed by atoms with van der Waals surface area (Å²) in [7, 11) is 2.09. The van der Waals surface area contributed by atoms with E-state index in [0.717, 1.165) is 56.1 Å². The third-order valence-electron chi connectivity index (χ3n) is 4.42. The van der Waals surface area contributed by atoms with Crippen molar-refractivity contribution in [2.24, 2.45) is 4.99 Å². The molecular weight excluding hydrogens is 386 g/mol. The van der Waals surface area contributed by atoms with Gasteiger partial charge in [-0.05, 0) is 37.7 Å². The van der Waals surface area contributed by atoms with Crippen LogP contribution in [0.25, 0.3) is 0 Å². The first-order chi connectivity index (χ1) is 11.6. The van der Waals surface area contributed by atoms with Gasteiger partial charge in [-0.1, -0.05) is 34.1 Å². The molecule has 0 radical (unpaired) electrons. The molecule has 1 aromatic carbocycles. The highest BCUT2D eigenvalue weighted by molar-refractivity contribution is 9.10. The van der Waals surface area contributed by atoms with E-state index in [1.807, 2.05) is 17.8 Å². The second kappa shape index (κ2) is 9.68. The van der Waals surface area contributed by atoms with Crippen molar-refractivity contribution < 1.29 is 4.74 Å². The van der Waals surface area contributed by atoms with Gasteiger partial charge in [0, 0.05) is 42.6 Å². The van der Waals surface area contributed by atoms with Crippen LogP contribution in [0.4, 0.5) is 0 Å². The Balaban J connectivity index is 2.07. The molecule has 1 N–H and O–H groups in total. The van der Waals surface area contributed by atoms with Gasteiger partial charge in [0.25, 0.3) is 0 Å². The summed E-state index contributed by atoms with van der Waals surface area (Å²) in [6.45, 7) is 6.33. The van der Waals surface area contributed by atoms with E-state index in [2.05, 4.69) is 64.6 Å². The molecule has 0 spiro atoms. The van der Waals surface area contributed by atoms with Gasteiger partial charge in [0.2, 0.25) is 0 Å². The Morgan fingerprint density at radius 1 is 1.38 bits per heavy atom. The van der Waals surface area contributed by atoms with Gasteiger partial charge in [0.1, 0.15) is 0 Å². The Morgan fingerprint density at radius 2 is 2.08 bits per heavy atom. The van der Waals surface area contributed by atoms with Crippen LogP contribution in [0.2, 0.25) is 0 Å². The minimum Gasteiger partial charge on any atom is -0.381 e. The molecule has 4 nitrogen and oxygen atoms in total. The van der Waals surface area contributed by atoms with Crippen molar-refractivity contribution in [1.29, 1.82) is 0 Å². The number of benzene rings is 1.